The van der Waals surface area contributed by atoms with Gasteiger partial charge in [-0.25, -0.2) is 4.99 Å². The zero-order valence-corrected chi connectivity index (χ0v) is 20.7. The summed E-state index contributed by atoms with van der Waals surface area (Å²) in [5.74, 6) is 0.790. The number of rotatable bonds is 6. The minimum Gasteiger partial charge on any atom is -0.356 e. The molecule has 2 aromatic heterocycles. The summed E-state index contributed by atoms with van der Waals surface area (Å²) in [6, 6.07) is 10.2. The fourth-order valence-corrected chi connectivity index (χ4v) is 3.61. The standard InChI is InChI=1S/C22H28N8O.HI/c1-3-23-22(28-9-10-30(21(31)17-28)20-13-25-27(2)16-20)24-11-19-12-26-29(15-19)14-18-7-5-4-6-8-18;/h4-8,12-13,15-16H,3,9-11,14,17H2,1-2H3,(H,23,24);1H. The molecular weight excluding hydrogens is 519 g/mol. The minimum absolute atomic E-state index is 0. The van der Waals surface area contributed by atoms with Gasteiger partial charge in [-0.3, -0.25) is 14.2 Å². The lowest BCUT2D eigenvalue weighted by molar-refractivity contribution is -0.120. The van der Waals surface area contributed by atoms with Crippen molar-refractivity contribution in [2.24, 2.45) is 12.0 Å². The Kier molecular flexibility index (Phi) is 8.26. The Morgan fingerprint density at radius 2 is 1.91 bits per heavy atom. The van der Waals surface area contributed by atoms with Gasteiger partial charge < -0.3 is 15.1 Å². The van der Waals surface area contributed by atoms with Crippen LogP contribution in [0.25, 0.3) is 0 Å². The Balaban J connectivity index is 0.00000289. The first-order valence-corrected chi connectivity index (χ1v) is 10.5. The van der Waals surface area contributed by atoms with Gasteiger partial charge in [0.05, 0.1) is 31.2 Å². The van der Waals surface area contributed by atoms with E-state index in [2.05, 4.69) is 27.6 Å². The third-order valence-electron chi connectivity index (χ3n) is 5.14. The van der Waals surface area contributed by atoms with Gasteiger partial charge in [-0.15, -0.1) is 24.0 Å². The van der Waals surface area contributed by atoms with E-state index < -0.39 is 0 Å². The molecule has 0 aliphatic carbocycles. The van der Waals surface area contributed by atoms with Gasteiger partial charge in [-0.2, -0.15) is 10.2 Å². The van der Waals surface area contributed by atoms with E-state index in [9.17, 15) is 4.79 Å². The number of guanidine groups is 1. The topological polar surface area (TPSA) is 83.6 Å². The van der Waals surface area contributed by atoms with Gasteiger partial charge in [0.1, 0.15) is 6.54 Å². The molecule has 170 valence electrons. The number of benzene rings is 1. The molecule has 0 radical (unpaired) electrons. The third-order valence-corrected chi connectivity index (χ3v) is 5.14. The van der Waals surface area contributed by atoms with Crippen LogP contribution in [0.15, 0.2) is 60.1 Å². The molecule has 4 rings (SSSR count). The number of piperazine rings is 1. The maximum absolute atomic E-state index is 12.7. The van der Waals surface area contributed by atoms with Crippen LogP contribution in [0.5, 0.6) is 0 Å². The zero-order valence-electron chi connectivity index (χ0n) is 18.4. The van der Waals surface area contributed by atoms with Gasteiger partial charge >= 0.3 is 0 Å². The second-order valence-electron chi connectivity index (χ2n) is 7.54. The third kappa shape index (κ3) is 5.87. The second-order valence-corrected chi connectivity index (χ2v) is 7.54. The maximum Gasteiger partial charge on any atom is 0.246 e. The molecule has 0 bridgehead atoms. The predicted molar refractivity (Wildman–Crippen MR) is 135 cm³/mol. The lowest BCUT2D eigenvalue weighted by atomic mass is 10.2. The lowest BCUT2D eigenvalue weighted by Gasteiger charge is -2.35. The second kappa shape index (κ2) is 11.1. The fraction of sp³-hybridized carbons (Fsp3) is 0.364. The van der Waals surface area contributed by atoms with Gasteiger partial charge in [0.2, 0.25) is 5.91 Å². The number of anilines is 1. The predicted octanol–water partition coefficient (Wildman–Crippen LogP) is 2.10. The first-order valence-electron chi connectivity index (χ1n) is 10.5. The number of hydrogen-bond donors (Lipinski definition) is 1. The Labute approximate surface area is 205 Å². The summed E-state index contributed by atoms with van der Waals surface area (Å²) in [4.78, 5) is 21.3. The average Bonchev–Trinajstić information content (AvgIpc) is 3.40. The minimum atomic E-state index is 0. The molecule has 1 aromatic carbocycles. The van der Waals surface area contributed by atoms with Crippen molar-refractivity contribution >= 4 is 41.5 Å². The number of carbonyl (C=O) groups is 1. The lowest BCUT2D eigenvalue weighted by Crippen LogP contribution is -2.55. The van der Waals surface area contributed by atoms with Crippen LogP contribution < -0.4 is 10.2 Å². The largest absolute Gasteiger partial charge is 0.356 e. The van der Waals surface area contributed by atoms with Crippen LogP contribution in [0.1, 0.15) is 18.1 Å². The van der Waals surface area contributed by atoms with E-state index in [1.165, 1.54) is 5.56 Å². The molecule has 10 heteroatoms. The van der Waals surface area contributed by atoms with Crippen LogP contribution in [-0.4, -0.2) is 62.5 Å². The number of hydrogen-bond acceptors (Lipinski definition) is 4. The number of aliphatic imine (C=N–C) groups is 1. The highest BCUT2D eigenvalue weighted by Gasteiger charge is 2.27. The molecule has 32 heavy (non-hydrogen) atoms. The van der Waals surface area contributed by atoms with Crippen molar-refractivity contribution in [2.75, 3.05) is 31.1 Å². The maximum atomic E-state index is 12.7. The van der Waals surface area contributed by atoms with E-state index in [0.717, 1.165) is 30.3 Å². The Hall–Kier alpha value is -2.89. The number of halogens is 1. The highest BCUT2D eigenvalue weighted by atomic mass is 127. The molecule has 3 aromatic rings. The smallest absolute Gasteiger partial charge is 0.246 e. The quantitative estimate of drug-likeness (QED) is 0.290. The summed E-state index contributed by atoms with van der Waals surface area (Å²) in [7, 11) is 1.85. The fourth-order valence-electron chi connectivity index (χ4n) is 3.61. The number of aryl methyl sites for hydroxylation is 1. The van der Waals surface area contributed by atoms with E-state index in [0.29, 0.717) is 19.6 Å². The molecule has 1 N–H and O–H groups in total. The zero-order chi connectivity index (χ0) is 21.6. The SMILES string of the molecule is CCNC(=NCc1cnn(Cc2ccccc2)c1)N1CCN(c2cnn(C)c2)C(=O)C1.I. The number of nitrogens with one attached hydrogen (secondary N) is 1. The molecule has 1 aliphatic rings. The van der Waals surface area contributed by atoms with E-state index >= 15 is 0 Å². The molecule has 0 spiro atoms. The normalized spacial score (nSPS) is 14.4. The summed E-state index contributed by atoms with van der Waals surface area (Å²) in [6.07, 6.45) is 7.45. The van der Waals surface area contributed by atoms with Crippen LogP contribution >= 0.6 is 24.0 Å². The highest BCUT2D eigenvalue weighted by Crippen LogP contribution is 2.16. The Morgan fingerprint density at radius 3 is 2.59 bits per heavy atom. The van der Waals surface area contributed by atoms with Crippen molar-refractivity contribution in [2.45, 2.75) is 20.0 Å². The Morgan fingerprint density at radius 1 is 1.09 bits per heavy atom. The molecule has 0 saturated carbocycles. The number of amides is 1. The molecule has 9 nitrogen and oxygen atoms in total. The highest BCUT2D eigenvalue weighted by molar-refractivity contribution is 14.0. The summed E-state index contributed by atoms with van der Waals surface area (Å²) in [5.41, 5.74) is 3.07. The van der Waals surface area contributed by atoms with Gasteiger partial charge in [0.25, 0.3) is 0 Å². The summed E-state index contributed by atoms with van der Waals surface area (Å²) < 4.78 is 3.63. The van der Waals surface area contributed by atoms with Gasteiger partial charge in [0, 0.05) is 44.6 Å². The molecule has 0 unspecified atom stereocenters. The first-order chi connectivity index (χ1) is 15.1. The van der Waals surface area contributed by atoms with E-state index in [-0.39, 0.29) is 36.4 Å². The number of carbonyl (C=O) groups excluding carboxylic acids is 1. The molecular formula is C22H29IN8O. The van der Waals surface area contributed by atoms with Crippen LogP contribution in [-0.2, 0) is 24.9 Å². The summed E-state index contributed by atoms with van der Waals surface area (Å²) in [6.45, 7) is 5.60. The first kappa shape index (κ1) is 23.8. The van der Waals surface area contributed by atoms with E-state index in [1.807, 2.05) is 60.3 Å². The number of nitrogens with zero attached hydrogens (tertiary/aromatic N) is 7. The molecule has 1 fully saturated rings. The molecule has 1 saturated heterocycles. The van der Waals surface area contributed by atoms with Gasteiger partial charge in [0.15, 0.2) is 5.96 Å². The van der Waals surface area contributed by atoms with Crippen molar-refractivity contribution in [3.63, 3.8) is 0 Å². The van der Waals surface area contributed by atoms with Crippen LogP contribution in [0.2, 0.25) is 0 Å². The van der Waals surface area contributed by atoms with Crippen molar-refractivity contribution in [1.82, 2.24) is 29.8 Å². The summed E-state index contributed by atoms with van der Waals surface area (Å²) >= 11 is 0. The average molecular weight is 548 g/mol. The number of aromatic nitrogens is 4. The van der Waals surface area contributed by atoms with Crippen molar-refractivity contribution in [3.8, 4) is 0 Å². The summed E-state index contributed by atoms with van der Waals surface area (Å²) in [5, 5.41) is 11.9. The van der Waals surface area contributed by atoms with Crippen LogP contribution in [0.4, 0.5) is 5.69 Å². The molecule has 1 amide bonds. The molecule has 0 atom stereocenters. The van der Waals surface area contributed by atoms with Crippen molar-refractivity contribution in [1.29, 1.82) is 0 Å². The molecule has 3 heterocycles. The monoisotopic (exact) mass is 548 g/mol. The van der Waals surface area contributed by atoms with Crippen LogP contribution in [0.3, 0.4) is 0 Å². The van der Waals surface area contributed by atoms with Crippen molar-refractivity contribution < 1.29 is 4.79 Å². The van der Waals surface area contributed by atoms with E-state index in [1.54, 1.807) is 15.8 Å². The van der Waals surface area contributed by atoms with E-state index in [4.69, 9.17) is 4.99 Å². The van der Waals surface area contributed by atoms with Gasteiger partial charge in [-0.05, 0) is 12.5 Å². The molecule has 1 aliphatic heterocycles. The Bertz CT molecular complexity index is 1050. The van der Waals surface area contributed by atoms with Crippen LogP contribution in [0, 0.1) is 0 Å². The van der Waals surface area contributed by atoms with Gasteiger partial charge in [-0.1, -0.05) is 30.3 Å². The van der Waals surface area contributed by atoms with Crippen molar-refractivity contribution in [3.05, 3.63) is 66.2 Å².